The molecule has 0 spiro atoms. The van der Waals surface area contributed by atoms with E-state index in [1.54, 1.807) is 6.92 Å². The van der Waals surface area contributed by atoms with Crippen LogP contribution in [0.3, 0.4) is 0 Å². The highest BCUT2D eigenvalue weighted by molar-refractivity contribution is 7.89. The van der Waals surface area contributed by atoms with Crippen molar-refractivity contribution in [3.8, 4) is 0 Å². The third-order valence-corrected chi connectivity index (χ3v) is 4.35. The average Bonchev–Trinajstić information content (AvgIpc) is 2.27. The van der Waals surface area contributed by atoms with Crippen molar-refractivity contribution in [3.63, 3.8) is 0 Å². The normalized spacial score (nSPS) is 13.2. The summed E-state index contributed by atoms with van der Waals surface area (Å²) in [5.41, 5.74) is 1.94. The van der Waals surface area contributed by atoms with Crippen LogP contribution in [0.15, 0.2) is 24.3 Å². The molecule has 0 aromatic heterocycles. The van der Waals surface area contributed by atoms with Crippen molar-refractivity contribution in [2.75, 3.05) is 5.75 Å². The monoisotopic (exact) mass is 285 g/mol. The Morgan fingerprint density at radius 2 is 2.00 bits per heavy atom. The lowest BCUT2D eigenvalue weighted by molar-refractivity contribution is -0.137. The van der Waals surface area contributed by atoms with Crippen LogP contribution in [0.5, 0.6) is 0 Å². The third kappa shape index (κ3) is 5.40. The van der Waals surface area contributed by atoms with Crippen LogP contribution in [0.2, 0.25) is 0 Å². The van der Waals surface area contributed by atoms with Crippen LogP contribution in [-0.2, 0) is 14.8 Å². The van der Waals surface area contributed by atoms with Crippen molar-refractivity contribution < 1.29 is 18.3 Å². The van der Waals surface area contributed by atoms with Crippen molar-refractivity contribution >= 4 is 16.0 Å². The van der Waals surface area contributed by atoms with Gasteiger partial charge >= 0.3 is 5.97 Å². The number of aryl methyl sites for hydroxylation is 1. The first-order valence-electron chi connectivity index (χ1n) is 6.09. The van der Waals surface area contributed by atoms with Crippen LogP contribution in [0, 0.1) is 6.92 Å². The zero-order valence-electron chi connectivity index (χ0n) is 11.1. The Bertz CT molecular complexity index is 539. The topological polar surface area (TPSA) is 83.5 Å². The Hall–Kier alpha value is -1.40. The van der Waals surface area contributed by atoms with Crippen LogP contribution in [-0.4, -0.2) is 25.2 Å². The van der Waals surface area contributed by atoms with Gasteiger partial charge in [0.05, 0.1) is 5.75 Å². The Kier molecular flexibility index (Phi) is 5.50. The maximum absolute atomic E-state index is 11.8. The van der Waals surface area contributed by atoms with E-state index in [4.69, 9.17) is 5.11 Å². The molecule has 0 saturated heterocycles. The molecule has 106 valence electrons. The van der Waals surface area contributed by atoms with Gasteiger partial charge in [0.2, 0.25) is 10.0 Å². The van der Waals surface area contributed by atoms with Gasteiger partial charge < -0.3 is 5.11 Å². The number of carboxylic acids is 1. The summed E-state index contributed by atoms with van der Waals surface area (Å²) < 4.78 is 26.2. The number of carbonyl (C=O) groups is 1. The van der Waals surface area contributed by atoms with E-state index in [-0.39, 0.29) is 24.6 Å². The predicted octanol–water partition coefficient (Wildman–Crippen LogP) is 1.84. The fraction of sp³-hybridized carbons (Fsp3) is 0.462. The molecule has 1 unspecified atom stereocenters. The lowest BCUT2D eigenvalue weighted by atomic mass is 10.0. The number of hydrogen-bond donors (Lipinski definition) is 2. The molecule has 1 rings (SSSR count). The molecule has 2 N–H and O–H groups in total. The molecule has 1 atom stereocenters. The number of sulfonamides is 1. The summed E-state index contributed by atoms with van der Waals surface area (Å²) in [5, 5.41) is 8.49. The van der Waals surface area contributed by atoms with Gasteiger partial charge in [-0.1, -0.05) is 24.3 Å². The number of aliphatic carboxylic acids is 1. The fourth-order valence-corrected chi connectivity index (χ4v) is 3.19. The van der Waals surface area contributed by atoms with E-state index in [1.807, 2.05) is 31.2 Å². The first-order chi connectivity index (χ1) is 8.82. The predicted molar refractivity (Wildman–Crippen MR) is 73.4 cm³/mol. The smallest absolute Gasteiger partial charge is 0.303 e. The van der Waals surface area contributed by atoms with E-state index in [0.29, 0.717) is 0 Å². The van der Waals surface area contributed by atoms with Gasteiger partial charge in [0.1, 0.15) is 0 Å². The van der Waals surface area contributed by atoms with Gasteiger partial charge in [-0.3, -0.25) is 4.79 Å². The Balaban J connectivity index is 2.63. The molecule has 0 heterocycles. The number of benzene rings is 1. The molecular formula is C13H19NO4S. The van der Waals surface area contributed by atoms with E-state index in [9.17, 15) is 13.2 Å². The second kappa shape index (κ2) is 6.68. The van der Waals surface area contributed by atoms with Gasteiger partial charge in [-0.15, -0.1) is 0 Å². The van der Waals surface area contributed by atoms with E-state index < -0.39 is 16.0 Å². The Labute approximate surface area is 113 Å². The quantitative estimate of drug-likeness (QED) is 0.800. The molecule has 0 aliphatic rings. The minimum atomic E-state index is -3.45. The summed E-state index contributed by atoms with van der Waals surface area (Å²) in [5.74, 6) is -1.16. The standard InChI is InChI=1S/C13H19NO4S/c1-10-6-3-4-7-12(10)11(2)14-19(17,18)9-5-8-13(15)16/h3-4,6-7,11,14H,5,8-9H2,1-2H3,(H,15,16). The Morgan fingerprint density at radius 3 is 2.58 bits per heavy atom. The molecule has 6 heteroatoms. The van der Waals surface area contributed by atoms with Gasteiger partial charge in [-0.05, 0) is 31.4 Å². The van der Waals surface area contributed by atoms with Crippen molar-refractivity contribution in [1.29, 1.82) is 0 Å². The number of hydrogen-bond acceptors (Lipinski definition) is 3. The van der Waals surface area contributed by atoms with E-state index in [2.05, 4.69) is 4.72 Å². The maximum atomic E-state index is 11.8. The van der Waals surface area contributed by atoms with Crippen LogP contribution in [0.4, 0.5) is 0 Å². The van der Waals surface area contributed by atoms with Crippen LogP contribution in [0.25, 0.3) is 0 Å². The summed E-state index contributed by atoms with van der Waals surface area (Å²) in [6, 6.07) is 7.23. The summed E-state index contributed by atoms with van der Waals surface area (Å²) in [7, 11) is -3.45. The average molecular weight is 285 g/mol. The maximum Gasteiger partial charge on any atom is 0.303 e. The van der Waals surface area contributed by atoms with Crippen molar-refractivity contribution in [2.45, 2.75) is 32.7 Å². The minimum absolute atomic E-state index is 0.116. The SMILES string of the molecule is Cc1ccccc1C(C)NS(=O)(=O)CCCC(=O)O. The van der Waals surface area contributed by atoms with Crippen molar-refractivity contribution in [2.24, 2.45) is 0 Å². The van der Waals surface area contributed by atoms with Gasteiger partial charge in [0.25, 0.3) is 0 Å². The summed E-state index contributed by atoms with van der Waals surface area (Å²) >= 11 is 0. The number of carboxylic acid groups (broad SMARTS) is 1. The van der Waals surface area contributed by atoms with Gasteiger partial charge in [-0.2, -0.15) is 0 Å². The first-order valence-corrected chi connectivity index (χ1v) is 7.74. The lowest BCUT2D eigenvalue weighted by Crippen LogP contribution is -2.29. The highest BCUT2D eigenvalue weighted by Crippen LogP contribution is 2.17. The van der Waals surface area contributed by atoms with Crippen molar-refractivity contribution in [1.82, 2.24) is 4.72 Å². The van der Waals surface area contributed by atoms with Gasteiger partial charge in [-0.25, -0.2) is 13.1 Å². The van der Waals surface area contributed by atoms with Crippen LogP contribution >= 0.6 is 0 Å². The summed E-state index contributed by atoms with van der Waals surface area (Å²) in [6.07, 6.45) is -0.0230. The molecule has 5 nitrogen and oxygen atoms in total. The Morgan fingerprint density at radius 1 is 1.37 bits per heavy atom. The highest BCUT2D eigenvalue weighted by Gasteiger charge is 2.17. The largest absolute Gasteiger partial charge is 0.481 e. The minimum Gasteiger partial charge on any atom is -0.481 e. The number of rotatable bonds is 7. The zero-order valence-corrected chi connectivity index (χ0v) is 11.9. The third-order valence-electron chi connectivity index (χ3n) is 2.82. The summed E-state index contributed by atoms with van der Waals surface area (Å²) in [4.78, 5) is 10.4. The molecule has 0 amide bonds. The molecule has 0 aliphatic carbocycles. The molecule has 1 aromatic rings. The molecule has 0 bridgehead atoms. The lowest BCUT2D eigenvalue weighted by Gasteiger charge is -2.16. The molecular weight excluding hydrogens is 266 g/mol. The van der Waals surface area contributed by atoms with Crippen LogP contribution in [0.1, 0.15) is 36.9 Å². The molecule has 0 saturated carbocycles. The van der Waals surface area contributed by atoms with E-state index in [1.165, 1.54) is 0 Å². The van der Waals surface area contributed by atoms with E-state index in [0.717, 1.165) is 11.1 Å². The first kappa shape index (κ1) is 15.7. The van der Waals surface area contributed by atoms with Gasteiger partial charge in [0.15, 0.2) is 0 Å². The highest BCUT2D eigenvalue weighted by atomic mass is 32.2. The second-order valence-corrected chi connectivity index (χ2v) is 6.39. The molecule has 0 aliphatic heterocycles. The zero-order chi connectivity index (χ0) is 14.5. The molecule has 0 fully saturated rings. The van der Waals surface area contributed by atoms with Crippen LogP contribution < -0.4 is 4.72 Å². The summed E-state index contributed by atoms with van der Waals surface area (Å²) in [6.45, 7) is 3.70. The van der Waals surface area contributed by atoms with E-state index >= 15 is 0 Å². The number of nitrogens with one attached hydrogen (secondary N) is 1. The second-order valence-electron chi connectivity index (χ2n) is 4.51. The van der Waals surface area contributed by atoms with Gasteiger partial charge in [0, 0.05) is 12.5 Å². The fourth-order valence-electron chi connectivity index (χ4n) is 1.88. The molecule has 1 aromatic carbocycles. The molecule has 0 radical (unpaired) electrons. The van der Waals surface area contributed by atoms with Crippen molar-refractivity contribution in [3.05, 3.63) is 35.4 Å². The molecule has 19 heavy (non-hydrogen) atoms.